The summed E-state index contributed by atoms with van der Waals surface area (Å²) in [5.41, 5.74) is 4.65. The van der Waals surface area contributed by atoms with Gasteiger partial charge in [-0.2, -0.15) is 0 Å². The lowest BCUT2D eigenvalue weighted by Gasteiger charge is -2.22. The number of fused-ring (bicyclic) bond motifs is 1. The van der Waals surface area contributed by atoms with Gasteiger partial charge in [-0.05, 0) is 36.2 Å². The molecule has 1 amide bonds. The predicted molar refractivity (Wildman–Crippen MR) is 80.7 cm³/mol. The molecule has 1 atom stereocenters. The van der Waals surface area contributed by atoms with Gasteiger partial charge in [-0.25, -0.2) is 0 Å². The van der Waals surface area contributed by atoms with Gasteiger partial charge in [0, 0.05) is 12.1 Å². The zero-order valence-corrected chi connectivity index (χ0v) is 11.5. The lowest BCUT2D eigenvalue weighted by molar-refractivity contribution is -0.116. The fraction of sp³-hybridized carbons (Fsp3) is 0.235. The Bertz CT molecular complexity index is 622. The maximum Gasteiger partial charge on any atom is 0.224 e. The SMILES string of the molecule is CNC(c1ccccc1)c1ccc2c(c1)CCC(=O)N2. The van der Waals surface area contributed by atoms with Crippen molar-refractivity contribution in [2.75, 3.05) is 12.4 Å². The number of amides is 1. The van der Waals surface area contributed by atoms with Gasteiger partial charge in [0.25, 0.3) is 0 Å². The van der Waals surface area contributed by atoms with Gasteiger partial charge in [-0.1, -0.05) is 42.5 Å². The average Bonchev–Trinajstić information content (AvgIpc) is 2.49. The number of aryl methyl sites for hydroxylation is 1. The van der Waals surface area contributed by atoms with Crippen molar-refractivity contribution < 1.29 is 4.79 Å². The third-order valence-corrected chi connectivity index (χ3v) is 3.78. The van der Waals surface area contributed by atoms with E-state index in [1.165, 1.54) is 16.7 Å². The second-order valence-corrected chi connectivity index (χ2v) is 5.10. The molecule has 20 heavy (non-hydrogen) atoms. The Morgan fingerprint density at radius 1 is 1.05 bits per heavy atom. The molecular formula is C17H18N2O. The van der Waals surface area contributed by atoms with Gasteiger partial charge < -0.3 is 10.6 Å². The molecule has 0 saturated heterocycles. The summed E-state index contributed by atoms with van der Waals surface area (Å²) in [6, 6.07) is 16.9. The maximum absolute atomic E-state index is 11.4. The van der Waals surface area contributed by atoms with E-state index in [0.29, 0.717) is 6.42 Å². The fourth-order valence-electron chi connectivity index (χ4n) is 2.75. The lowest BCUT2D eigenvalue weighted by Crippen LogP contribution is -2.21. The molecule has 3 heteroatoms. The molecule has 1 unspecified atom stereocenters. The molecule has 1 heterocycles. The summed E-state index contributed by atoms with van der Waals surface area (Å²) in [5, 5.41) is 6.29. The van der Waals surface area contributed by atoms with Crippen molar-refractivity contribution in [2.45, 2.75) is 18.9 Å². The lowest BCUT2D eigenvalue weighted by atomic mass is 9.94. The molecule has 1 aliphatic heterocycles. The van der Waals surface area contributed by atoms with Crippen LogP contribution in [0.1, 0.15) is 29.2 Å². The zero-order valence-electron chi connectivity index (χ0n) is 11.5. The summed E-state index contributed by atoms with van der Waals surface area (Å²) in [5.74, 6) is 0.110. The largest absolute Gasteiger partial charge is 0.326 e. The van der Waals surface area contributed by atoms with Crippen LogP contribution in [0.2, 0.25) is 0 Å². The molecule has 0 aromatic heterocycles. The minimum atomic E-state index is 0.110. The summed E-state index contributed by atoms with van der Waals surface area (Å²) >= 11 is 0. The highest BCUT2D eigenvalue weighted by atomic mass is 16.1. The van der Waals surface area contributed by atoms with Crippen LogP contribution in [-0.4, -0.2) is 13.0 Å². The van der Waals surface area contributed by atoms with Crippen molar-refractivity contribution in [3.05, 3.63) is 65.2 Å². The highest BCUT2D eigenvalue weighted by molar-refractivity contribution is 5.93. The fourth-order valence-corrected chi connectivity index (χ4v) is 2.75. The van der Waals surface area contributed by atoms with E-state index in [2.05, 4.69) is 47.0 Å². The second kappa shape index (κ2) is 5.47. The van der Waals surface area contributed by atoms with Gasteiger partial charge in [-0.3, -0.25) is 4.79 Å². The summed E-state index contributed by atoms with van der Waals surface area (Å²) in [4.78, 5) is 11.4. The Labute approximate surface area is 119 Å². The summed E-state index contributed by atoms with van der Waals surface area (Å²) in [6.07, 6.45) is 1.40. The molecule has 0 spiro atoms. The number of benzene rings is 2. The molecular weight excluding hydrogens is 248 g/mol. The van der Waals surface area contributed by atoms with E-state index >= 15 is 0 Å². The number of carbonyl (C=O) groups excluding carboxylic acids is 1. The number of nitrogens with one attached hydrogen (secondary N) is 2. The first-order chi connectivity index (χ1) is 9.78. The number of anilines is 1. The molecule has 0 fully saturated rings. The standard InChI is InChI=1S/C17H18N2O/c1-18-17(12-5-3-2-4-6-12)14-7-9-15-13(11-14)8-10-16(20)19-15/h2-7,9,11,17-18H,8,10H2,1H3,(H,19,20). The van der Waals surface area contributed by atoms with Gasteiger partial charge in [-0.15, -0.1) is 0 Å². The van der Waals surface area contributed by atoms with Crippen molar-refractivity contribution >= 4 is 11.6 Å². The Morgan fingerprint density at radius 2 is 1.85 bits per heavy atom. The van der Waals surface area contributed by atoms with E-state index in [1.54, 1.807) is 0 Å². The topological polar surface area (TPSA) is 41.1 Å². The van der Waals surface area contributed by atoms with E-state index < -0.39 is 0 Å². The Morgan fingerprint density at radius 3 is 2.60 bits per heavy atom. The van der Waals surface area contributed by atoms with Crippen LogP contribution in [0, 0.1) is 0 Å². The smallest absolute Gasteiger partial charge is 0.224 e. The van der Waals surface area contributed by atoms with E-state index in [4.69, 9.17) is 0 Å². The van der Waals surface area contributed by atoms with Gasteiger partial charge in [0.15, 0.2) is 0 Å². The first kappa shape index (κ1) is 12.9. The van der Waals surface area contributed by atoms with Crippen molar-refractivity contribution in [1.82, 2.24) is 5.32 Å². The number of rotatable bonds is 3. The van der Waals surface area contributed by atoms with Gasteiger partial charge in [0.2, 0.25) is 5.91 Å². The van der Waals surface area contributed by atoms with Gasteiger partial charge in [0.05, 0.1) is 6.04 Å². The van der Waals surface area contributed by atoms with Crippen LogP contribution in [0.3, 0.4) is 0 Å². The molecule has 2 N–H and O–H groups in total. The van der Waals surface area contributed by atoms with Crippen molar-refractivity contribution in [3.63, 3.8) is 0 Å². The summed E-state index contributed by atoms with van der Waals surface area (Å²) in [7, 11) is 1.97. The van der Waals surface area contributed by atoms with Crippen molar-refractivity contribution in [3.8, 4) is 0 Å². The van der Waals surface area contributed by atoms with Crippen LogP contribution < -0.4 is 10.6 Å². The maximum atomic E-state index is 11.4. The van der Waals surface area contributed by atoms with Crippen LogP contribution in [-0.2, 0) is 11.2 Å². The van der Waals surface area contributed by atoms with Crippen LogP contribution in [0.5, 0.6) is 0 Å². The molecule has 1 aliphatic rings. The van der Waals surface area contributed by atoms with Gasteiger partial charge in [0.1, 0.15) is 0 Å². The molecule has 2 aromatic carbocycles. The molecule has 0 radical (unpaired) electrons. The van der Waals surface area contributed by atoms with Crippen molar-refractivity contribution in [1.29, 1.82) is 0 Å². The van der Waals surface area contributed by atoms with Crippen molar-refractivity contribution in [2.24, 2.45) is 0 Å². The second-order valence-electron chi connectivity index (χ2n) is 5.10. The van der Waals surface area contributed by atoms with E-state index in [-0.39, 0.29) is 11.9 Å². The van der Waals surface area contributed by atoms with Crippen LogP contribution in [0.25, 0.3) is 0 Å². The van der Waals surface area contributed by atoms with Crippen LogP contribution in [0.4, 0.5) is 5.69 Å². The molecule has 0 saturated carbocycles. The number of hydrogen-bond donors (Lipinski definition) is 2. The molecule has 0 aliphatic carbocycles. The van der Waals surface area contributed by atoms with Crippen LogP contribution >= 0.6 is 0 Å². The normalized spacial score (nSPS) is 15.3. The Hall–Kier alpha value is -2.13. The van der Waals surface area contributed by atoms with Crippen LogP contribution in [0.15, 0.2) is 48.5 Å². The minimum absolute atomic E-state index is 0.110. The van der Waals surface area contributed by atoms with Gasteiger partial charge >= 0.3 is 0 Å². The van der Waals surface area contributed by atoms with E-state index in [9.17, 15) is 4.79 Å². The zero-order chi connectivity index (χ0) is 13.9. The highest BCUT2D eigenvalue weighted by Crippen LogP contribution is 2.28. The van der Waals surface area contributed by atoms with E-state index in [1.807, 2.05) is 19.2 Å². The predicted octanol–water partition coefficient (Wildman–Crippen LogP) is 2.88. The quantitative estimate of drug-likeness (QED) is 0.897. The monoisotopic (exact) mass is 266 g/mol. The number of hydrogen-bond acceptors (Lipinski definition) is 2. The summed E-state index contributed by atoms with van der Waals surface area (Å²) in [6.45, 7) is 0. The molecule has 102 valence electrons. The van der Waals surface area contributed by atoms with E-state index in [0.717, 1.165) is 12.1 Å². The highest BCUT2D eigenvalue weighted by Gasteiger charge is 2.18. The Balaban J connectivity index is 1.95. The Kier molecular flexibility index (Phi) is 3.52. The average molecular weight is 266 g/mol. The number of carbonyl (C=O) groups is 1. The minimum Gasteiger partial charge on any atom is -0.326 e. The first-order valence-corrected chi connectivity index (χ1v) is 6.93. The molecule has 3 rings (SSSR count). The summed E-state index contributed by atoms with van der Waals surface area (Å²) < 4.78 is 0. The molecule has 0 bridgehead atoms. The first-order valence-electron chi connectivity index (χ1n) is 6.93. The third kappa shape index (κ3) is 2.45. The third-order valence-electron chi connectivity index (χ3n) is 3.78. The molecule has 3 nitrogen and oxygen atoms in total. The molecule has 2 aromatic rings.